The molecule has 0 radical (unpaired) electrons. The van der Waals surface area contributed by atoms with E-state index in [0.717, 1.165) is 13.0 Å². The van der Waals surface area contributed by atoms with Crippen LogP contribution in [0.5, 0.6) is 0 Å². The minimum Gasteiger partial charge on any atom is -0.354 e. The molecule has 6 nitrogen and oxygen atoms in total. The Hall–Kier alpha value is -2.21. The molecule has 1 heterocycles. The first-order valence-corrected chi connectivity index (χ1v) is 7.92. The number of para-hydroxylation sites is 1. The van der Waals surface area contributed by atoms with Gasteiger partial charge in [0.15, 0.2) is 0 Å². The van der Waals surface area contributed by atoms with Crippen LogP contribution in [-0.4, -0.2) is 34.1 Å². The Bertz CT molecular complexity index is 731. The first kappa shape index (κ1) is 17.1. The van der Waals surface area contributed by atoms with Gasteiger partial charge in [-0.15, -0.1) is 0 Å². The maximum absolute atomic E-state index is 12.3. The number of hydrogen-bond donors (Lipinski definition) is 2. The van der Waals surface area contributed by atoms with Crippen molar-refractivity contribution in [2.75, 3.05) is 13.1 Å². The molecule has 23 heavy (non-hydrogen) atoms. The number of benzene rings is 1. The summed E-state index contributed by atoms with van der Waals surface area (Å²) >= 11 is 0. The summed E-state index contributed by atoms with van der Waals surface area (Å²) in [6.07, 6.45) is 2.32. The van der Waals surface area contributed by atoms with Crippen LogP contribution in [0.3, 0.4) is 0 Å². The summed E-state index contributed by atoms with van der Waals surface area (Å²) in [6.45, 7) is 8.04. The van der Waals surface area contributed by atoms with E-state index in [-0.39, 0.29) is 23.6 Å². The summed E-state index contributed by atoms with van der Waals surface area (Å²) < 4.78 is 1.35. The Morgan fingerprint density at radius 2 is 2.04 bits per heavy atom. The average Bonchev–Trinajstić information content (AvgIpc) is 2.49. The summed E-state index contributed by atoms with van der Waals surface area (Å²) in [5, 5.41) is 5.62. The molecule has 0 aliphatic carbocycles. The van der Waals surface area contributed by atoms with Crippen molar-refractivity contribution in [3.63, 3.8) is 0 Å². The zero-order valence-electron chi connectivity index (χ0n) is 14.0. The number of aromatic nitrogens is 2. The van der Waals surface area contributed by atoms with Crippen LogP contribution in [0.1, 0.15) is 27.2 Å². The van der Waals surface area contributed by atoms with Crippen LogP contribution in [0.25, 0.3) is 10.9 Å². The lowest BCUT2D eigenvalue weighted by molar-refractivity contribution is -0.717. The molecule has 0 saturated carbocycles. The lowest BCUT2D eigenvalue weighted by Gasteiger charge is -2.16. The van der Waals surface area contributed by atoms with Gasteiger partial charge in [0.25, 0.3) is 5.56 Å². The summed E-state index contributed by atoms with van der Waals surface area (Å²) in [6, 6.07) is 7.14. The summed E-state index contributed by atoms with van der Waals surface area (Å²) in [4.78, 5) is 28.5. The van der Waals surface area contributed by atoms with Gasteiger partial charge in [0, 0.05) is 13.0 Å². The molecule has 2 rings (SSSR count). The van der Waals surface area contributed by atoms with E-state index in [4.69, 9.17) is 0 Å². The third-order valence-electron chi connectivity index (χ3n) is 3.51. The number of amides is 1. The van der Waals surface area contributed by atoms with E-state index in [1.807, 2.05) is 6.07 Å². The Morgan fingerprint density at radius 1 is 1.30 bits per heavy atom. The predicted molar refractivity (Wildman–Crippen MR) is 90.2 cm³/mol. The highest BCUT2D eigenvalue weighted by atomic mass is 16.2. The third kappa shape index (κ3) is 5.17. The van der Waals surface area contributed by atoms with Crippen LogP contribution in [0.4, 0.5) is 0 Å². The minimum absolute atomic E-state index is 0.000345. The molecular formula is C17H25N4O2+. The highest BCUT2D eigenvalue weighted by Gasteiger charge is 2.12. The van der Waals surface area contributed by atoms with E-state index in [2.05, 4.69) is 36.4 Å². The molecule has 0 aliphatic rings. The fraction of sp³-hybridized carbons (Fsp3) is 0.471. The fourth-order valence-electron chi connectivity index (χ4n) is 2.29. The molecule has 1 aromatic heterocycles. The lowest BCUT2D eigenvalue weighted by atomic mass is 10.1. The Kier molecular flexibility index (Phi) is 5.50. The zero-order chi connectivity index (χ0) is 16.9. The number of carbonyl (C=O) groups is 1. The summed E-state index contributed by atoms with van der Waals surface area (Å²) in [5.74, 6) is -0.167. The molecule has 0 unspecified atom stereocenters. The predicted octanol–water partition coefficient (Wildman–Crippen LogP) is 0.265. The van der Waals surface area contributed by atoms with Crippen molar-refractivity contribution in [3.8, 4) is 0 Å². The monoisotopic (exact) mass is 317 g/mol. The number of carbonyl (C=O) groups excluding carboxylic acids is 1. The van der Waals surface area contributed by atoms with E-state index in [1.54, 1.807) is 18.2 Å². The van der Waals surface area contributed by atoms with Crippen LogP contribution >= 0.6 is 0 Å². The van der Waals surface area contributed by atoms with Gasteiger partial charge in [0.05, 0.1) is 29.3 Å². The van der Waals surface area contributed by atoms with Crippen molar-refractivity contribution >= 4 is 16.8 Å². The highest BCUT2D eigenvalue weighted by Crippen LogP contribution is 2.04. The molecule has 124 valence electrons. The molecule has 3 N–H and O–H groups in total. The Morgan fingerprint density at radius 3 is 2.78 bits per heavy atom. The molecule has 0 bridgehead atoms. The van der Waals surface area contributed by atoms with Gasteiger partial charge in [0.1, 0.15) is 6.54 Å². The van der Waals surface area contributed by atoms with E-state index in [0.29, 0.717) is 17.4 Å². The number of rotatable bonds is 6. The topological polar surface area (TPSA) is 80.6 Å². The van der Waals surface area contributed by atoms with Gasteiger partial charge < -0.3 is 10.6 Å². The molecule has 2 aromatic rings. The second-order valence-corrected chi connectivity index (χ2v) is 6.76. The molecule has 0 atom stereocenters. The SMILES string of the molecule is CC(C)(C)[NH2+]CCCNC(=O)Cn1cnc2ccccc2c1=O. The van der Waals surface area contributed by atoms with Crippen LogP contribution in [0.2, 0.25) is 0 Å². The van der Waals surface area contributed by atoms with Crippen molar-refractivity contribution in [2.24, 2.45) is 0 Å². The van der Waals surface area contributed by atoms with Crippen LogP contribution in [-0.2, 0) is 11.3 Å². The number of quaternary nitrogens is 1. The number of nitrogens with zero attached hydrogens (tertiary/aromatic N) is 2. The van der Waals surface area contributed by atoms with Crippen LogP contribution in [0, 0.1) is 0 Å². The second kappa shape index (κ2) is 7.37. The Balaban J connectivity index is 1.86. The molecule has 0 saturated heterocycles. The zero-order valence-corrected chi connectivity index (χ0v) is 14.0. The number of hydrogen-bond acceptors (Lipinski definition) is 3. The van der Waals surface area contributed by atoms with Gasteiger partial charge in [-0.3, -0.25) is 14.2 Å². The van der Waals surface area contributed by atoms with Crippen LogP contribution < -0.4 is 16.2 Å². The number of nitrogens with two attached hydrogens (primary N) is 1. The van der Waals surface area contributed by atoms with E-state index >= 15 is 0 Å². The third-order valence-corrected chi connectivity index (χ3v) is 3.51. The molecule has 6 heteroatoms. The molecule has 0 aliphatic heterocycles. The maximum atomic E-state index is 12.3. The van der Waals surface area contributed by atoms with Gasteiger partial charge in [-0.2, -0.15) is 0 Å². The summed E-state index contributed by atoms with van der Waals surface area (Å²) in [5.41, 5.74) is 0.660. The molecule has 1 aromatic carbocycles. The second-order valence-electron chi connectivity index (χ2n) is 6.76. The van der Waals surface area contributed by atoms with Gasteiger partial charge in [-0.05, 0) is 32.9 Å². The molecular weight excluding hydrogens is 292 g/mol. The van der Waals surface area contributed by atoms with Gasteiger partial charge in [-0.25, -0.2) is 4.98 Å². The first-order chi connectivity index (χ1) is 10.9. The number of nitrogens with one attached hydrogen (secondary N) is 1. The van der Waals surface area contributed by atoms with Gasteiger partial charge in [-0.1, -0.05) is 12.1 Å². The maximum Gasteiger partial charge on any atom is 0.261 e. The molecule has 0 fully saturated rings. The normalized spacial score (nSPS) is 11.6. The number of fused-ring (bicyclic) bond motifs is 1. The largest absolute Gasteiger partial charge is 0.354 e. The van der Waals surface area contributed by atoms with Crippen molar-refractivity contribution in [1.82, 2.24) is 14.9 Å². The van der Waals surface area contributed by atoms with E-state index < -0.39 is 0 Å². The standard InChI is InChI=1S/C17H24N4O2/c1-17(2,3)20-10-6-9-18-15(22)11-21-12-19-14-8-5-4-7-13(14)16(21)23/h4-5,7-8,12,20H,6,9-11H2,1-3H3,(H,18,22)/p+1. The Labute approximate surface area is 135 Å². The van der Waals surface area contributed by atoms with Crippen molar-refractivity contribution in [2.45, 2.75) is 39.3 Å². The van der Waals surface area contributed by atoms with E-state index in [9.17, 15) is 9.59 Å². The van der Waals surface area contributed by atoms with Gasteiger partial charge in [0.2, 0.25) is 5.91 Å². The molecule has 1 amide bonds. The lowest BCUT2D eigenvalue weighted by Crippen LogP contribution is -2.94. The fourth-order valence-corrected chi connectivity index (χ4v) is 2.29. The summed E-state index contributed by atoms with van der Waals surface area (Å²) in [7, 11) is 0. The van der Waals surface area contributed by atoms with Crippen LogP contribution in [0.15, 0.2) is 35.4 Å². The first-order valence-electron chi connectivity index (χ1n) is 7.92. The van der Waals surface area contributed by atoms with E-state index in [1.165, 1.54) is 10.9 Å². The van der Waals surface area contributed by atoms with Crippen molar-refractivity contribution in [1.29, 1.82) is 0 Å². The quantitative estimate of drug-likeness (QED) is 0.750. The van der Waals surface area contributed by atoms with Crippen molar-refractivity contribution < 1.29 is 10.1 Å². The highest BCUT2D eigenvalue weighted by molar-refractivity contribution is 5.78. The van der Waals surface area contributed by atoms with Crippen molar-refractivity contribution in [3.05, 3.63) is 40.9 Å². The molecule has 0 spiro atoms. The minimum atomic E-state index is -0.188. The smallest absolute Gasteiger partial charge is 0.261 e. The van der Waals surface area contributed by atoms with Gasteiger partial charge >= 0.3 is 0 Å². The average molecular weight is 317 g/mol.